The van der Waals surface area contributed by atoms with Gasteiger partial charge in [-0.05, 0) is 31.9 Å². The van der Waals surface area contributed by atoms with Crippen molar-refractivity contribution in [2.45, 2.75) is 38.1 Å². The minimum Gasteiger partial charge on any atom is -0.339 e. The van der Waals surface area contributed by atoms with E-state index >= 15 is 0 Å². The topological polar surface area (TPSA) is 96.6 Å². The molecule has 0 radical (unpaired) electrons. The summed E-state index contributed by atoms with van der Waals surface area (Å²) in [5.74, 6) is 1.53. The zero-order valence-electron chi connectivity index (χ0n) is 15.3. The predicted octanol–water partition coefficient (Wildman–Crippen LogP) is 1.65. The van der Waals surface area contributed by atoms with Gasteiger partial charge in [-0.2, -0.15) is 9.29 Å². The van der Waals surface area contributed by atoms with Gasteiger partial charge >= 0.3 is 0 Å². The Morgan fingerprint density at radius 1 is 1.37 bits per heavy atom. The van der Waals surface area contributed by atoms with Crippen LogP contribution in [0.2, 0.25) is 0 Å². The molecule has 10 heteroatoms. The molecule has 2 fully saturated rings. The van der Waals surface area contributed by atoms with E-state index in [0.717, 1.165) is 17.7 Å². The summed E-state index contributed by atoms with van der Waals surface area (Å²) in [4.78, 5) is 20.3. The van der Waals surface area contributed by atoms with Gasteiger partial charge in [0, 0.05) is 36.9 Å². The highest BCUT2D eigenvalue weighted by molar-refractivity contribution is 7.88. The van der Waals surface area contributed by atoms with Crippen molar-refractivity contribution in [2.24, 2.45) is 0 Å². The Balaban J connectivity index is 1.36. The lowest BCUT2D eigenvalue weighted by molar-refractivity contribution is 0.0459. The van der Waals surface area contributed by atoms with Gasteiger partial charge in [0.1, 0.15) is 0 Å². The maximum absolute atomic E-state index is 12.4. The second-order valence-electron chi connectivity index (χ2n) is 7.22. The smallest absolute Gasteiger partial charge is 0.264 e. The number of carbonyl (C=O) groups is 1. The third-order valence-electron chi connectivity index (χ3n) is 4.90. The van der Waals surface area contributed by atoms with Crippen LogP contribution in [-0.2, 0) is 16.4 Å². The van der Waals surface area contributed by atoms with Gasteiger partial charge in [-0.1, -0.05) is 5.16 Å². The molecule has 2 aliphatic rings. The molecule has 0 unspecified atom stereocenters. The van der Waals surface area contributed by atoms with Gasteiger partial charge in [-0.3, -0.25) is 4.79 Å². The average Bonchev–Trinajstić information content (AvgIpc) is 3.14. The first-order valence-electron chi connectivity index (χ1n) is 8.96. The minimum atomic E-state index is -3.39. The molecule has 0 aromatic carbocycles. The Morgan fingerprint density at radius 3 is 2.70 bits per heavy atom. The normalized spacial score (nSPS) is 18.1. The van der Waals surface area contributed by atoms with Gasteiger partial charge in [0.25, 0.3) is 5.91 Å². The van der Waals surface area contributed by atoms with Crippen molar-refractivity contribution in [3.05, 3.63) is 33.6 Å². The largest absolute Gasteiger partial charge is 0.339 e. The SMILES string of the molecule is Cc1ccc(C(=O)N2CC(N(CCc3noc(C4CC4)n3)S(C)(=O)=O)C2)s1. The number of nitrogens with zero attached hydrogens (tertiary/aromatic N) is 4. The maximum Gasteiger partial charge on any atom is 0.264 e. The van der Waals surface area contributed by atoms with Crippen molar-refractivity contribution >= 4 is 27.3 Å². The Morgan fingerprint density at radius 2 is 2.11 bits per heavy atom. The summed E-state index contributed by atoms with van der Waals surface area (Å²) in [6, 6.07) is 3.52. The monoisotopic (exact) mass is 410 g/mol. The number of amides is 1. The average molecular weight is 411 g/mol. The number of likely N-dealkylation sites (tertiary alicyclic amines) is 1. The van der Waals surface area contributed by atoms with E-state index in [4.69, 9.17) is 4.52 Å². The van der Waals surface area contributed by atoms with Crippen LogP contribution < -0.4 is 0 Å². The maximum atomic E-state index is 12.4. The molecule has 27 heavy (non-hydrogen) atoms. The number of sulfonamides is 1. The van der Waals surface area contributed by atoms with Crippen LogP contribution >= 0.6 is 11.3 Å². The van der Waals surface area contributed by atoms with Crippen molar-refractivity contribution in [3.8, 4) is 0 Å². The van der Waals surface area contributed by atoms with Crippen molar-refractivity contribution in [3.63, 3.8) is 0 Å². The molecule has 1 saturated carbocycles. The van der Waals surface area contributed by atoms with Crippen molar-refractivity contribution in [2.75, 3.05) is 25.9 Å². The Bertz CT molecular complexity index is 942. The molecule has 0 spiro atoms. The minimum absolute atomic E-state index is 0.0370. The molecular weight excluding hydrogens is 388 g/mol. The van der Waals surface area contributed by atoms with Gasteiger partial charge in [-0.25, -0.2) is 8.42 Å². The molecule has 1 saturated heterocycles. The molecule has 8 nitrogen and oxygen atoms in total. The molecular formula is C17H22N4O4S2. The summed E-state index contributed by atoms with van der Waals surface area (Å²) in [7, 11) is -3.39. The second-order valence-corrected chi connectivity index (χ2v) is 10.4. The number of hydrogen-bond acceptors (Lipinski definition) is 7. The fourth-order valence-electron chi connectivity index (χ4n) is 3.20. The number of carbonyl (C=O) groups excluding carboxylic acids is 1. The van der Waals surface area contributed by atoms with E-state index < -0.39 is 10.0 Å². The quantitative estimate of drug-likeness (QED) is 0.688. The lowest BCUT2D eigenvalue weighted by atomic mass is 10.1. The predicted molar refractivity (Wildman–Crippen MR) is 100 cm³/mol. The number of hydrogen-bond donors (Lipinski definition) is 0. The lowest BCUT2D eigenvalue weighted by Crippen LogP contribution is -2.62. The van der Waals surface area contributed by atoms with E-state index in [9.17, 15) is 13.2 Å². The van der Waals surface area contributed by atoms with Crippen molar-refractivity contribution in [1.29, 1.82) is 0 Å². The molecule has 1 aliphatic heterocycles. The van der Waals surface area contributed by atoms with E-state index in [0.29, 0.717) is 42.0 Å². The zero-order chi connectivity index (χ0) is 19.2. The standard InChI is InChI=1S/C17H22N4O4S2/c1-11-3-6-14(26-11)17(22)20-9-13(10-20)21(27(2,23)24)8-7-15-18-16(25-19-15)12-4-5-12/h3,6,12-13H,4-5,7-10H2,1-2H3. The fraction of sp³-hybridized carbons (Fsp3) is 0.588. The van der Waals surface area contributed by atoms with Crippen LogP contribution in [0.4, 0.5) is 0 Å². The summed E-state index contributed by atoms with van der Waals surface area (Å²) in [6.07, 6.45) is 3.75. The molecule has 146 valence electrons. The molecule has 0 atom stereocenters. The third kappa shape index (κ3) is 4.07. The first-order valence-corrected chi connectivity index (χ1v) is 11.6. The number of thiophene rings is 1. The lowest BCUT2D eigenvalue weighted by Gasteiger charge is -2.44. The summed E-state index contributed by atoms with van der Waals surface area (Å²) in [5, 5.41) is 3.95. The third-order valence-corrected chi connectivity index (χ3v) is 7.22. The number of aryl methyl sites for hydroxylation is 1. The molecule has 1 aliphatic carbocycles. The molecule has 1 amide bonds. The van der Waals surface area contributed by atoms with E-state index in [1.165, 1.54) is 21.9 Å². The van der Waals surface area contributed by atoms with Gasteiger partial charge in [0.15, 0.2) is 5.82 Å². The van der Waals surface area contributed by atoms with Crippen LogP contribution in [0.5, 0.6) is 0 Å². The second kappa shape index (κ2) is 6.99. The summed E-state index contributed by atoms with van der Waals surface area (Å²) in [5.41, 5.74) is 0. The van der Waals surface area contributed by atoms with E-state index in [1.807, 2.05) is 19.1 Å². The first-order chi connectivity index (χ1) is 12.8. The molecule has 0 N–H and O–H groups in total. The van der Waals surface area contributed by atoms with Crippen LogP contribution in [0.3, 0.4) is 0 Å². The van der Waals surface area contributed by atoms with Crippen molar-refractivity contribution in [1.82, 2.24) is 19.3 Å². The molecule has 0 bridgehead atoms. The van der Waals surface area contributed by atoms with Gasteiger partial charge in [0.05, 0.1) is 17.2 Å². The Hall–Kier alpha value is -1.78. The Kier molecular flexibility index (Phi) is 4.81. The number of rotatable bonds is 7. The van der Waals surface area contributed by atoms with Crippen LogP contribution in [0.1, 0.15) is 45.0 Å². The molecule has 3 heterocycles. The van der Waals surface area contributed by atoms with E-state index in [1.54, 1.807) is 4.90 Å². The highest BCUT2D eigenvalue weighted by Gasteiger charge is 2.39. The number of aromatic nitrogens is 2. The first kappa shape index (κ1) is 18.6. The Labute approximate surface area is 162 Å². The summed E-state index contributed by atoms with van der Waals surface area (Å²) in [6.45, 7) is 3.05. The van der Waals surface area contributed by atoms with Crippen LogP contribution in [0, 0.1) is 6.92 Å². The fourth-order valence-corrected chi connectivity index (χ4v) is 5.14. The molecule has 2 aromatic heterocycles. The molecule has 4 rings (SSSR count). The highest BCUT2D eigenvalue weighted by Crippen LogP contribution is 2.38. The van der Waals surface area contributed by atoms with E-state index in [-0.39, 0.29) is 18.5 Å². The summed E-state index contributed by atoms with van der Waals surface area (Å²) < 4.78 is 31.1. The highest BCUT2D eigenvalue weighted by atomic mass is 32.2. The van der Waals surface area contributed by atoms with E-state index in [2.05, 4.69) is 10.1 Å². The summed E-state index contributed by atoms with van der Waals surface area (Å²) >= 11 is 1.46. The zero-order valence-corrected chi connectivity index (χ0v) is 16.9. The van der Waals surface area contributed by atoms with Crippen LogP contribution in [0.15, 0.2) is 16.7 Å². The van der Waals surface area contributed by atoms with Gasteiger partial charge in [0.2, 0.25) is 15.9 Å². The van der Waals surface area contributed by atoms with Gasteiger partial charge in [-0.15, -0.1) is 11.3 Å². The van der Waals surface area contributed by atoms with Crippen LogP contribution in [0.25, 0.3) is 0 Å². The van der Waals surface area contributed by atoms with Gasteiger partial charge < -0.3 is 9.42 Å². The molecule has 2 aromatic rings. The van der Waals surface area contributed by atoms with Crippen LogP contribution in [-0.4, -0.2) is 65.6 Å². The van der Waals surface area contributed by atoms with Crippen molar-refractivity contribution < 1.29 is 17.7 Å².